The molecule has 0 aliphatic rings. The average Bonchev–Trinajstić information content (AvgIpc) is 2.50. The van der Waals surface area contributed by atoms with Gasteiger partial charge in [-0.2, -0.15) is 16.8 Å². The third kappa shape index (κ3) is 6.68. The lowest BCUT2D eigenvalue weighted by atomic mass is 9.98. The lowest BCUT2D eigenvalue weighted by molar-refractivity contribution is 0.377. The van der Waals surface area contributed by atoms with Crippen LogP contribution in [0.5, 0.6) is 11.5 Å². The highest BCUT2D eigenvalue weighted by molar-refractivity contribution is 7.81. The Balaban J connectivity index is 2.62. The molecule has 10 heteroatoms. The van der Waals surface area contributed by atoms with Gasteiger partial charge in [0, 0.05) is 5.56 Å². The van der Waals surface area contributed by atoms with Gasteiger partial charge in [0.15, 0.2) is 11.5 Å². The van der Waals surface area contributed by atoms with Crippen LogP contribution in [0.25, 0.3) is 12.2 Å². The molecule has 0 amide bonds. The summed E-state index contributed by atoms with van der Waals surface area (Å²) >= 11 is 0. The van der Waals surface area contributed by atoms with Crippen molar-refractivity contribution < 1.29 is 34.3 Å². The second kappa shape index (κ2) is 8.09. The van der Waals surface area contributed by atoms with E-state index in [2.05, 4.69) is 8.37 Å². The zero-order chi connectivity index (χ0) is 20.2. The van der Waals surface area contributed by atoms with Crippen LogP contribution in [0, 0.1) is 0 Å². The Labute approximate surface area is 158 Å². The molecule has 2 aromatic carbocycles. The summed E-state index contributed by atoms with van der Waals surface area (Å²) < 4.78 is 71.9. The van der Waals surface area contributed by atoms with E-state index >= 15 is 0 Å². The molecule has 0 aliphatic heterocycles. The van der Waals surface area contributed by atoms with E-state index in [1.807, 2.05) is 30.3 Å². The van der Waals surface area contributed by atoms with Crippen molar-refractivity contribution >= 4 is 33.0 Å². The first-order valence-electron chi connectivity index (χ1n) is 7.69. The Morgan fingerprint density at radius 1 is 0.815 bits per heavy atom. The maximum Gasteiger partial charge on any atom is 0.446 e. The summed E-state index contributed by atoms with van der Waals surface area (Å²) in [6, 6.07) is 11.7. The van der Waals surface area contributed by atoms with Crippen molar-refractivity contribution in [1.82, 2.24) is 0 Å². The molecule has 0 unspecified atom stereocenters. The number of rotatable bonds is 7. The highest BCUT2D eigenvalue weighted by atomic mass is 32.3. The first-order chi connectivity index (χ1) is 12.4. The maximum absolute atomic E-state index is 11.2. The van der Waals surface area contributed by atoms with Crippen LogP contribution < -0.4 is 8.37 Å². The number of hydrogen-bond acceptors (Lipinski definition) is 6. The molecule has 27 heavy (non-hydrogen) atoms. The minimum atomic E-state index is -4.87. The maximum atomic E-state index is 11.2. The molecule has 0 spiro atoms. The van der Waals surface area contributed by atoms with Gasteiger partial charge in [-0.05, 0) is 29.2 Å². The van der Waals surface area contributed by atoms with E-state index in [0.717, 1.165) is 5.56 Å². The van der Waals surface area contributed by atoms with E-state index in [1.54, 1.807) is 26.0 Å². The molecule has 0 heterocycles. The molecule has 0 atom stereocenters. The van der Waals surface area contributed by atoms with Crippen LogP contribution in [0.2, 0.25) is 0 Å². The predicted octanol–water partition coefficient (Wildman–Crippen LogP) is 3.34. The minimum absolute atomic E-state index is 0.0436. The molecule has 0 fully saturated rings. The second-order valence-electron chi connectivity index (χ2n) is 5.85. The first kappa shape index (κ1) is 20.9. The standard InChI is InChI=1S/C17H18O8S2/c1-12(2)17-15(24-26(18,19)20)10-14(11-16(17)25-27(21,22)23)9-8-13-6-4-3-5-7-13/h3-12H,1-2H3,(H,18,19,20)(H,21,22,23). The minimum Gasteiger partial charge on any atom is -0.361 e. The Morgan fingerprint density at radius 3 is 1.67 bits per heavy atom. The normalized spacial score (nSPS) is 12.5. The van der Waals surface area contributed by atoms with Crippen molar-refractivity contribution in [2.45, 2.75) is 19.8 Å². The molecule has 0 radical (unpaired) electrons. The Hall–Kier alpha value is -2.40. The molecule has 2 N–H and O–H groups in total. The molecule has 146 valence electrons. The van der Waals surface area contributed by atoms with Crippen LogP contribution in [-0.4, -0.2) is 25.9 Å². The molecule has 2 aromatic rings. The van der Waals surface area contributed by atoms with Crippen molar-refractivity contribution in [2.75, 3.05) is 0 Å². The SMILES string of the molecule is CC(C)c1c(OS(=O)(=O)O)cc(C=Cc2ccccc2)cc1OS(=O)(=O)O. The highest BCUT2D eigenvalue weighted by Crippen LogP contribution is 2.38. The quantitative estimate of drug-likeness (QED) is 0.522. The van der Waals surface area contributed by atoms with E-state index in [4.69, 9.17) is 9.11 Å². The fraction of sp³-hybridized carbons (Fsp3) is 0.176. The van der Waals surface area contributed by atoms with Crippen molar-refractivity contribution in [2.24, 2.45) is 0 Å². The number of benzene rings is 2. The smallest absolute Gasteiger partial charge is 0.361 e. The van der Waals surface area contributed by atoms with Gasteiger partial charge in [0.05, 0.1) is 0 Å². The van der Waals surface area contributed by atoms with E-state index in [9.17, 15) is 16.8 Å². The van der Waals surface area contributed by atoms with Gasteiger partial charge in [0.25, 0.3) is 0 Å². The topological polar surface area (TPSA) is 127 Å². The fourth-order valence-electron chi connectivity index (χ4n) is 2.41. The van der Waals surface area contributed by atoms with Crippen LogP contribution in [-0.2, 0) is 20.8 Å². The molecule has 0 saturated carbocycles. The summed E-state index contributed by atoms with van der Waals surface area (Å²) in [6.07, 6.45) is 3.26. The van der Waals surface area contributed by atoms with Crippen LogP contribution in [0.3, 0.4) is 0 Å². The summed E-state index contributed by atoms with van der Waals surface area (Å²) in [5.41, 5.74) is 1.20. The lowest BCUT2D eigenvalue weighted by Crippen LogP contribution is -2.13. The lowest BCUT2D eigenvalue weighted by Gasteiger charge is -2.17. The fourth-order valence-corrected chi connectivity index (χ4v) is 3.14. The van der Waals surface area contributed by atoms with Gasteiger partial charge < -0.3 is 8.37 Å². The third-order valence-corrected chi connectivity index (χ3v) is 4.14. The van der Waals surface area contributed by atoms with E-state index in [0.29, 0.717) is 5.56 Å². The van der Waals surface area contributed by atoms with Crippen LogP contribution in [0.15, 0.2) is 42.5 Å². The molecule has 0 aliphatic carbocycles. The molecule has 0 aromatic heterocycles. The molecule has 0 bridgehead atoms. The zero-order valence-electron chi connectivity index (χ0n) is 14.4. The summed E-state index contributed by atoms with van der Waals surface area (Å²) in [7, 11) is -9.74. The average molecular weight is 414 g/mol. The van der Waals surface area contributed by atoms with Crippen LogP contribution in [0.1, 0.15) is 36.5 Å². The largest absolute Gasteiger partial charge is 0.446 e. The summed E-state index contributed by atoms with van der Waals surface area (Å²) in [5, 5.41) is 0. The van der Waals surface area contributed by atoms with Crippen LogP contribution in [0.4, 0.5) is 0 Å². The predicted molar refractivity (Wildman–Crippen MR) is 100 cm³/mol. The van der Waals surface area contributed by atoms with Gasteiger partial charge in [-0.25, -0.2) is 0 Å². The van der Waals surface area contributed by atoms with Gasteiger partial charge in [-0.1, -0.05) is 56.3 Å². The van der Waals surface area contributed by atoms with E-state index in [1.165, 1.54) is 12.1 Å². The molecule has 8 nitrogen and oxygen atoms in total. The Morgan fingerprint density at radius 2 is 1.26 bits per heavy atom. The van der Waals surface area contributed by atoms with Crippen LogP contribution >= 0.6 is 0 Å². The monoisotopic (exact) mass is 414 g/mol. The summed E-state index contributed by atoms with van der Waals surface area (Å²) in [6.45, 7) is 3.26. The number of hydrogen-bond donors (Lipinski definition) is 2. The summed E-state index contributed by atoms with van der Waals surface area (Å²) in [5.74, 6) is -1.09. The van der Waals surface area contributed by atoms with Crippen molar-refractivity contribution in [3.05, 3.63) is 59.2 Å². The van der Waals surface area contributed by atoms with Crippen molar-refractivity contribution in [1.29, 1.82) is 0 Å². The first-order valence-corrected chi connectivity index (χ1v) is 10.4. The van der Waals surface area contributed by atoms with Crippen molar-refractivity contribution in [3.63, 3.8) is 0 Å². The van der Waals surface area contributed by atoms with Crippen molar-refractivity contribution in [3.8, 4) is 11.5 Å². The molecular weight excluding hydrogens is 396 g/mol. The van der Waals surface area contributed by atoms with Gasteiger partial charge in [0.1, 0.15) is 0 Å². The zero-order valence-corrected chi connectivity index (χ0v) is 16.1. The third-order valence-electron chi connectivity index (χ3n) is 3.36. The summed E-state index contributed by atoms with van der Waals surface area (Å²) in [4.78, 5) is 0. The van der Waals surface area contributed by atoms with E-state index < -0.39 is 26.7 Å². The van der Waals surface area contributed by atoms with E-state index in [-0.39, 0.29) is 17.1 Å². The highest BCUT2D eigenvalue weighted by Gasteiger charge is 2.23. The van der Waals surface area contributed by atoms with Gasteiger partial charge in [0.2, 0.25) is 0 Å². The molecule has 0 saturated heterocycles. The molecule has 2 rings (SSSR count). The van der Waals surface area contributed by atoms with Gasteiger partial charge >= 0.3 is 20.8 Å². The molecular formula is C17H18O8S2. The Kier molecular flexibility index (Phi) is 6.26. The van der Waals surface area contributed by atoms with Gasteiger partial charge in [-0.3, -0.25) is 9.11 Å². The second-order valence-corrected chi connectivity index (χ2v) is 7.90. The van der Waals surface area contributed by atoms with Gasteiger partial charge in [-0.15, -0.1) is 0 Å². The Bertz CT molecular complexity index is 985.